The summed E-state index contributed by atoms with van der Waals surface area (Å²) in [5.74, 6) is 2.86. The van der Waals surface area contributed by atoms with E-state index in [0.29, 0.717) is 6.54 Å². The van der Waals surface area contributed by atoms with Crippen molar-refractivity contribution >= 4 is 29.9 Å². The Kier molecular flexibility index (Phi) is 7.80. The summed E-state index contributed by atoms with van der Waals surface area (Å²) in [6, 6.07) is 17.3. The number of guanidine groups is 1. The molecular weight excluding hydrogens is 537 g/mol. The molecule has 0 amide bonds. The Hall–Kier alpha value is -2.55. The summed E-state index contributed by atoms with van der Waals surface area (Å²) in [5.41, 5.74) is 3.67. The van der Waals surface area contributed by atoms with Crippen LogP contribution in [0.2, 0.25) is 0 Å². The van der Waals surface area contributed by atoms with Crippen molar-refractivity contribution in [3.05, 3.63) is 83.4 Å². The van der Waals surface area contributed by atoms with Gasteiger partial charge in [-0.05, 0) is 49.8 Å². The molecule has 1 saturated carbocycles. The summed E-state index contributed by atoms with van der Waals surface area (Å²) in [6.45, 7) is 3.57. The van der Waals surface area contributed by atoms with Crippen LogP contribution in [0.3, 0.4) is 0 Å². The average Bonchev–Trinajstić information content (AvgIpc) is 3.45. The number of nitrogens with zero attached hydrogens (tertiary/aromatic N) is 3. The fraction of sp³-hybridized carbons (Fsp3) is 0.407. The molecule has 34 heavy (non-hydrogen) atoms. The van der Waals surface area contributed by atoms with Crippen LogP contribution in [0, 0.1) is 6.92 Å². The number of fused-ring (bicyclic) bond motifs is 1. The smallest absolute Gasteiger partial charge is 0.191 e. The largest absolute Gasteiger partial charge is 0.487 e. The third kappa shape index (κ3) is 5.40. The van der Waals surface area contributed by atoms with Gasteiger partial charge in [0.1, 0.15) is 17.2 Å². The van der Waals surface area contributed by atoms with Crippen LogP contribution in [-0.4, -0.2) is 28.2 Å². The van der Waals surface area contributed by atoms with Gasteiger partial charge in [0.2, 0.25) is 0 Å². The van der Waals surface area contributed by atoms with Gasteiger partial charge in [-0.25, -0.2) is 4.98 Å². The number of aryl methyl sites for hydroxylation is 1. The van der Waals surface area contributed by atoms with E-state index >= 15 is 0 Å². The van der Waals surface area contributed by atoms with E-state index < -0.39 is 0 Å². The molecule has 5 rings (SSSR count). The summed E-state index contributed by atoms with van der Waals surface area (Å²) in [4.78, 5) is 8.84. The maximum absolute atomic E-state index is 6.51. The minimum Gasteiger partial charge on any atom is -0.487 e. The van der Waals surface area contributed by atoms with Crippen LogP contribution < -0.4 is 15.4 Å². The number of aromatic nitrogens is 2. The molecule has 2 heterocycles. The predicted octanol–water partition coefficient (Wildman–Crippen LogP) is 5.36. The van der Waals surface area contributed by atoms with Crippen LogP contribution in [0.15, 0.2) is 65.9 Å². The molecule has 1 aromatic heterocycles. The standard InChI is InChI=1S/C27H33N5O.HI/c1-20-29-14-15-32(20)19-22-9-7-8-21(16-22)18-30-26(28-2)31-24-17-27(12-5-6-13-27)33-25-11-4-3-10-23(24)25;/h3-4,7-11,14-16,24H,5-6,12-13,17-19H2,1-2H3,(H2,28,30,31);1H. The van der Waals surface area contributed by atoms with Gasteiger partial charge in [-0.2, -0.15) is 0 Å². The second kappa shape index (κ2) is 10.8. The first kappa shape index (κ1) is 24.6. The molecule has 1 aliphatic heterocycles. The Morgan fingerprint density at radius 1 is 1.15 bits per heavy atom. The number of rotatable bonds is 5. The van der Waals surface area contributed by atoms with Crippen molar-refractivity contribution in [3.8, 4) is 5.75 Å². The van der Waals surface area contributed by atoms with Gasteiger partial charge >= 0.3 is 0 Å². The van der Waals surface area contributed by atoms with Crippen molar-refractivity contribution in [1.29, 1.82) is 0 Å². The number of hydrogen-bond acceptors (Lipinski definition) is 3. The average molecular weight is 572 g/mol. The Morgan fingerprint density at radius 3 is 2.71 bits per heavy atom. The predicted molar refractivity (Wildman–Crippen MR) is 147 cm³/mol. The van der Waals surface area contributed by atoms with Crippen molar-refractivity contribution < 1.29 is 4.74 Å². The van der Waals surface area contributed by atoms with E-state index in [4.69, 9.17) is 4.74 Å². The van der Waals surface area contributed by atoms with Gasteiger partial charge in [-0.15, -0.1) is 24.0 Å². The summed E-state index contributed by atoms with van der Waals surface area (Å²) in [5, 5.41) is 7.21. The highest BCUT2D eigenvalue weighted by molar-refractivity contribution is 14.0. The summed E-state index contributed by atoms with van der Waals surface area (Å²) in [6.07, 6.45) is 9.61. The van der Waals surface area contributed by atoms with Gasteiger partial charge in [-0.3, -0.25) is 4.99 Å². The molecule has 2 aliphatic rings. The molecule has 0 bridgehead atoms. The van der Waals surface area contributed by atoms with Crippen LogP contribution in [-0.2, 0) is 13.1 Å². The molecule has 2 N–H and O–H groups in total. The SMILES string of the molecule is CN=C(NCc1cccc(Cn2ccnc2C)c1)NC1CC2(CCCC2)Oc2ccccc21.I. The van der Waals surface area contributed by atoms with E-state index in [9.17, 15) is 0 Å². The van der Waals surface area contributed by atoms with Crippen molar-refractivity contribution in [2.24, 2.45) is 4.99 Å². The number of aliphatic imine (C=N–C) groups is 1. The lowest BCUT2D eigenvalue weighted by atomic mass is 9.86. The van der Waals surface area contributed by atoms with Gasteiger partial charge in [0.15, 0.2) is 5.96 Å². The van der Waals surface area contributed by atoms with Crippen LogP contribution in [0.1, 0.15) is 60.7 Å². The van der Waals surface area contributed by atoms with E-state index in [1.807, 2.05) is 26.4 Å². The maximum atomic E-state index is 6.51. The molecule has 1 aliphatic carbocycles. The monoisotopic (exact) mass is 571 g/mol. The highest BCUT2D eigenvalue weighted by atomic mass is 127. The van der Waals surface area contributed by atoms with Gasteiger partial charge in [0.05, 0.1) is 6.04 Å². The highest BCUT2D eigenvalue weighted by Crippen LogP contribution is 2.46. The van der Waals surface area contributed by atoms with Crippen molar-refractivity contribution in [2.75, 3.05) is 7.05 Å². The minimum absolute atomic E-state index is 0. The fourth-order valence-electron chi connectivity index (χ4n) is 5.22. The molecule has 1 unspecified atom stereocenters. The van der Waals surface area contributed by atoms with Gasteiger partial charge < -0.3 is 19.9 Å². The Labute approximate surface area is 219 Å². The van der Waals surface area contributed by atoms with E-state index in [-0.39, 0.29) is 35.6 Å². The zero-order valence-corrected chi connectivity index (χ0v) is 22.3. The number of ether oxygens (including phenoxy) is 1. The summed E-state index contributed by atoms with van der Waals surface area (Å²) in [7, 11) is 1.84. The quantitative estimate of drug-likeness (QED) is 0.246. The number of para-hydroxylation sites is 1. The number of nitrogens with one attached hydrogen (secondary N) is 2. The Morgan fingerprint density at radius 2 is 1.94 bits per heavy atom. The van der Waals surface area contributed by atoms with Crippen LogP contribution in [0.5, 0.6) is 5.75 Å². The Balaban J connectivity index is 0.00000274. The normalized spacial score (nSPS) is 18.6. The summed E-state index contributed by atoms with van der Waals surface area (Å²) < 4.78 is 8.67. The van der Waals surface area contributed by atoms with Crippen molar-refractivity contribution in [1.82, 2.24) is 20.2 Å². The van der Waals surface area contributed by atoms with E-state index in [0.717, 1.165) is 43.3 Å². The number of benzene rings is 2. The van der Waals surface area contributed by atoms with Gasteiger partial charge in [0, 0.05) is 44.5 Å². The summed E-state index contributed by atoms with van der Waals surface area (Å²) >= 11 is 0. The molecule has 1 fully saturated rings. The second-order valence-corrected chi connectivity index (χ2v) is 9.28. The molecule has 0 radical (unpaired) electrons. The van der Waals surface area contributed by atoms with Gasteiger partial charge in [0.25, 0.3) is 0 Å². The molecule has 180 valence electrons. The van der Waals surface area contributed by atoms with Crippen molar-refractivity contribution in [3.63, 3.8) is 0 Å². The minimum atomic E-state index is -0.0370. The molecule has 1 atom stereocenters. The third-order valence-corrected chi connectivity index (χ3v) is 6.97. The second-order valence-electron chi connectivity index (χ2n) is 9.28. The molecule has 3 aromatic rings. The third-order valence-electron chi connectivity index (χ3n) is 6.97. The number of halogens is 1. The highest BCUT2D eigenvalue weighted by Gasteiger charge is 2.43. The fourth-order valence-corrected chi connectivity index (χ4v) is 5.22. The zero-order valence-electron chi connectivity index (χ0n) is 20.0. The number of hydrogen-bond donors (Lipinski definition) is 2. The molecule has 0 saturated heterocycles. The van der Waals surface area contributed by atoms with Crippen molar-refractivity contribution in [2.45, 2.75) is 63.8 Å². The first-order chi connectivity index (χ1) is 16.1. The topological polar surface area (TPSA) is 63.5 Å². The van der Waals surface area contributed by atoms with E-state index in [2.05, 4.69) is 73.7 Å². The van der Waals surface area contributed by atoms with E-state index in [1.165, 1.54) is 29.5 Å². The molecule has 7 heteroatoms. The zero-order chi connectivity index (χ0) is 22.7. The van der Waals surface area contributed by atoms with Crippen LogP contribution in [0.4, 0.5) is 0 Å². The molecular formula is C27H34IN5O. The van der Waals surface area contributed by atoms with Crippen LogP contribution >= 0.6 is 24.0 Å². The lowest BCUT2D eigenvalue weighted by molar-refractivity contribution is 0.0396. The molecule has 1 spiro atoms. The first-order valence-electron chi connectivity index (χ1n) is 11.9. The number of imidazole rings is 1. The van der Waals surface area contributed by atoms with Gasteiger partial charge in [-0.1, -0.05) is 42.5 Å². The maximum Gasteiger partial charge on any atom is 0.191 e. The lowest BCUT2D eigenvalue weighted by Crippen LogP contribution is -2.46. The lowest BCUT2D eigenvalue weighted by Gasteiger charge is -2.40. The Bertz CT molecular complexity index is 1140. The molecule has 2 aromatic carbocycles. The van der Waals surface area contributed by atoms with E-state index in [1.54, 1.807) is 0 Å². The first-order valence-corrected chi connectivity index (χ1v) is 11.9. The molecule has 6 nitrogen and oxygen atoms in total. The van der Waals surface area contributed by atoms with Crippen LogP contribution in [0.25, 0.3) is 0 Å².